The quantitative estimate of drug-likeness (QED) is 0.861. The lowest BCUT2D eigenvalue weighted by Crippen LogP contribution is -2.52. The van der Waals surface area contributed by atoms with Gasteiger partial charge in [0, 0.05) is 44.5 Å². The van der Waals surface area contributed by atoms with E-state index >= 15 is 0 Å². The minimum atomic E-state index is -0.144. The lowest BCUT2D eigenvalue weighted by molar-refractivity contribution is -0.121. The monoisotopic (exact) mass is 359 g/mol. The summed E-state index contributed by atoms with van der Waals surface area (Å²) in [5.41, 5.74) is 2.15. The maximum absolute atomic E-state index is 12.5. The van der Waals surface area contributed by atoms with E-state index in [1.807, 2.05) is 31.2 Å². The molecule has 0 aliphatic carbocycles. The van der Waals surface area contributed by atoms with Crippen molar-refractivity contribution in [3.63, 3.8) is 0 Å². The van der Waals surface area contributed by atoms with Crippen molar-refractivity contribution >= 4 is 22.9 Å². The van der Waals surface area contributed by atoms with Crippen molar-refractivity contribution in [3.8, 4) is 5.75 Å². The summed E-state index contributed by atoms with van der Waals surface area (Å²) in [5, 5.41) is 7.31. The first-order valence-corrected chi connectivity index (χ1v) is 9.52. The van der Waals surface area contributed by atoms with Crippen LogP contribution in [0.1, 0.15) is 12.5 Å². The standard InChI is InChI=1S/C19H25N3O2S/c1-15(19(23)20-17-4-3-5-18(12-17)24-2)22-9-7-21(8-10-22)13-16-6-11-25-14-16/h3-6,11-12,14-15H,7-10,13H2,1-2H3,(H,20,23)/t15-/m1/s1. The maximum Gasteiger partial charge on any atom is 0.241 e. The van der Waals surface area contributed by atoms with Crippen molar-refractivity contribution in [2.75, 3.05) is 38.6 Å². The van der Waals surface area contributed by atoms with Gasteiger partial charge in [-0.25, -0.2) is 0 Å². The number of carbonyl (C=O) groups is 1. The molecule has 1 atom stereocenters. The minimum Gasteiger partial charge on any atom is -0.497 e. The predicted molar refractivity (Wildman–Crippen MR) is 102 cm³/mol. The molecule has 1 aromatic carbocycles. The van der Waals surface area contributed by atoms with Crippen LogP contribution in [0, 0.1) is 0 Å². The van der Waals surface area contributed by atoms with Gasteiger partial charge in [-0.05, 0) is 41.4 Å². The molecule has 1 saturated heterocycles. The summed E-state index contributed by atoms with van der Waals surface area (Å²) in [6.07, 6.45) is 0. The van der Waals surface area contributed by atoms with Crippen molar-refractivity contribution in [1.82, 2.24) is 9.80 Å². The number of nitrogens with zero attached hydrogens (tertiary/aromatic N) is 2. The zero-order valence-electron chi connectivity index (χ0n) is 14.8. The van der Waals surface area contributed by atoms with Gasteiger partial charge in [-0.15, -0.1) is 0 Å². The molecule has 1 fully saturated rings. The number of benzene rings is 1. The molecule has 1 amide bonds. The van der Waals surface area contributed by atoms with Crippen molar-refractivity contribution in [2.45, 2.75) is 19.5 Å². The third-order valence-electron chi connectivity index (χ3n) is 4.66. The molecule has 1 N–H and O–H groups in total. The highest BCUT2D eigenvalue weighted by Crippen LogP contribution is 2.18. The smallest absolute Gasteiger partial charge is 0.241 e. The first-order valence-electron chi connectivity index (χ1n) is 8.58. The molecule has 1 aliphatic heterocycles. The summed E-state index contributed by atoms with van der Waals surface area (Å²) < 4.78 is 5.20. The SMILES string of the molecule is COc1cccc(NC(=O)[C@@H](C)N2CCN(Cc3ccsc3)CC2)c1. The van der Waals surface area contributed by atoms with E-state index in [-0.39, 0.29) is 11.9 Å². The summed E-state index contributed by atoms with van der Waals surface area (Å²) in [7, 11) is 1.62. The number of rotatable bonds is 6. The third kappa shape index (κ3) is 4.81. The van der Waals surface area contributed by atoms with Gasteiger partial charge in [0.05, 0.1) is 13.2 Å². The Labute approximate surface area is 153 Å². The van der Waals surface area contributed by atoms with Gasteiger partial charge in [0.1, 0.15) is 5.75 Å². The average molecular weight is 359 g/mol. The Bertz CT molecular complexity index is 682. The lowest BCUT2D eigenvalue weighted by atomic mass is 10.2. The number of anilines is 1. The predicted octanol–water partition coefficient (Wildman–Crippen LogP) is 2.90. The summed E-state index contributed by atoms with van der Waals surface area (Å²) in [6, 6.07) is 9.50. The zero-order chi connectivity index (χ0) is 17.6. The van der Waals surface area contributed by atoms with Gasteiger partial charge in [0.2, 0.25) is 5.91 Å². The third-order valence-corrected chi connectivity index (χ3v) is 5.39. The molecule has 1 aromatic heterocycles. The molecule has 0 saturated carbocycles. The van der Waals surface area contributed by atoms with E-state index in [2.05, 4.69) is 31.9 Å². The Balaban J connectivity index is 1.49. The molecule has 0 bridgehead atoms. The number of methoxy groups -OCH3 is 1. The first-order chi connectivity index (χ1) is 12.2. The number of hydrogen-bond acceptors (Lipinski definition) is 5. The van der Waals surface area contributed by atoms with E-state index in [9.17, 15) is 4.79 Å². The fourth-order valence-corrected chi connectivity index (χ4v) is 3.72. The molecule has 0 spiro atoms. The molecular weight excluding hydrogens is 334 g/mol. The molecule has 3 rings (SSSR count). The fraction of sp³-hybridized carbons (Fsp3) is 0.421. The van der Waals surface area contributed by atoms with E-state index in [1.54, 1.807) is 18.4 Å². The number of ether oxygens (including phenoxy) is 1. The normalized spacial score (nSPS) is 17.2. The molecule has 6 heteroatoms. The van der Waals surface area contributed by atoms with Crippen LogP contribution in [0.15, 0.2) is 41.1 Å². The van der Waals surface area contributed by atoms with Crippen LogP contribution < -0.4 is 10.1 Å². The van der Waals surface area contributed by atoms with Crippen LogP contribution in [0.25, 0.3) is 0 Å². The topological polar surface area (TPSA) is 44.8 Å². The molecule has 2 heterocycles. The second-order valence-electron chi connectivity index (χ2n) is 6.34. The van der Waals surface area contributed by atoms with Crippen molar-refractivity contribution in [1.29, 1.82) is 0 Å². The number of piperazine rings is 1. The summed E-state index contributed by atoms with van der Waals surface area (Å²) in [4.78, 5) is 17.2. The van der Waals surface area contributed by atoms with Gasteiger partial charge in [-0.2, -0.15) is 11.3 Å². The highest BCUT2D eigenvalue weighted by Gasteiger charge is 2.25. The van der Waals surface area contributed by atoms with E-state index in [0.717, 1.165) is 44.2 Å². The van der Waals surface area contributed by atoms with Crippen molar-refractivity contribution in [2.24, 2.45) is 0 Å². The van der Waals surface area contributed by atoms with Gasteiger partial charge in [0.15, 0.2) is 0 Å². The second kappa shape index (κ2) is 8.47. The Morgan fingerprint density at radius 1 is 1.28 bits per heavy atom. The van der Waals surface area contributed by atoms with Gasteiger partial charge in [-0.3, -0.25) is 14.6 Å². The van der Waals surface area contributed by atoms with Gasteiger partial charge < -0.3 is 10.1 Å². The van der Waals surface area contributed by atoms with Crippen LogP contribution in [-0.4, -0.2) is 55.0 Å². The Morgan fingerprint density at radius 2 is 2.08 bits per heavy atom. The average Bonchev–Trinajstić information content (AvgIpc) is 3.15. The van der Waals surface area contributed by atoms with Crippen LogP contribution in [0.3, 0.4) is 0 Å². The van der Waals surface area contributed by atoms with Gasteiger partial charge >= 0.3 is 0 Å². The van der Waals surface area contributed by atoms with Gasteiger partial charge in [-0.1, -0.05) is 6.07 Å². The number of carbonyl (C=O) groups excluding carboxylic acids is 1. The minimum absolute atomic E-state index is 0.0273. The summed E-state index contributed by atoms with van der Waals surface area (Å²) in [6.45, 7) is 6.79. The maximum atomic E-state index is 12.5. The number of hydrogen-bond donors (Lipinski definition) is 1. The molecule has 25 heavy (non-hydrogen) atoms. The first kappa shape index (κ1) is 17.9. The Hall–Kier alpha value is -1.89. The van der Waals surface area contributed by atoms with Crippen LogP contribution in [-0.2, 0) is 11.3 Å². The van der Waals surface area contributed by atoms with E-state index < -0.39 is 0 Å². The zero-order valence-corrected chi connectivity index (χ0v) is 15.6. The summed E-state index contributed by atoms with van der Waals surface area (Å²) in [5.74, 6) is 0.770. The second-order valence-corrected chi connectivity index (χ2v) is 7.12. The Morgan fingerprint density at radius 3 is 2.76 bits per heavy atom. The summed E-state index contributed by atoms with van der Waals surface area (Å²) >= 11 is 1.74. The molecule has 134 valence electrons. The molecule has 0 unspecified atom stereocenters. The molecule has 0 radical (unpaired) electrons. The molecule has 2 aromatic rings. The highest BCUT2D eigenvalue weighted by molar-refractivity contribution is 7.07. The molecule has 5 nitrogen and oxygen atoms in total. The van der Waals surface area contributed by atoms with E-state index in [0.29, 0.717) is 0 Å². The Kier molecular flexibility index (Phi) is 6.07. The van der Waals surface area contributed by atoms with Crippen molar-refractivity contribution in [3.05, 3.63) is 46.7 Å². The van der Waals surface area contributed by atoms with Crippen LogP contribution in [0.2, 0.25) is 0 Å². The van der Waals surface area contributed by atoms with Crippen molar-refractivity contribution < 1.29 is 9.53 Å². The largest absolute Gasteiger partial charge is 0.497 e. The van der Waals surface area contributed by atoms with Crippen LogP contribution in [0.5, 0.6) is 5.75 Å². The van der Waals surface area contributed by atoms with Gasteiger partial charge in [0.25, 0.3) is 0 Å². The lowest BCUT2D eigenvalue weighted by Gasteiger charge is -2.37. The fourth-order valence-electron chi connectivity index (χ4n) is 3.06. The number of thiophene rings is 1. The number of amides is 1. The van der Waals surface area contributed by atoms with Crippen LogP contribution in [0.4, 0.5) is 5.69 Å². The molecular formula is C19H25N3O2S. The highest BCUT2D eigenvalue weighted by atomic mass is 32.1. The van der Waals surface area contributed by atoms with E-state index in [4.69, 9.17) is 4.74 Å². The van der Waals surface area contributed by atoms with Crippen LogP contribution >= 0.6 is 11.3 Å². The number of nitrogens with one attached hydrogen (secondary N) is 1. The molecule has 1 aliphatic rings. The van der Waals surface area contributed by atoms with E-state index in [1.165, 1.54) is 5.56 Å².